The molecule has 0 radical (unpaired) electrons. The zero-order chi connectivity index (χ0) is 12.5. The number of cyclic esters (lactones) is 1. The fourth-order valence-corrected chi connectivity index (χ4v) is 2.15. The Morgan fingerprint density at radius 2 is 1.61 bits per heavy atom. The molecular weight excluding hydrogens is 294 g/mol. The molecule has 0 N–H and O–H groups in total. The van der Waals surface area contributed by atoms with Gasteiger partial charge >= 0.3 is 5.97 Å². The number of fused-ring (bicyclic) bond motifs is 1. The molecule has 3 rings (SSSR count). The minimum absolute atomic E-state index is 0.350. The first-order valence-electron chi connectivity index (χ1n) is 5.40. The molecule has 88 valence electrons. The second-order valence-electron chi connectivity index (χ2n) is 3.80. The Morgan fingerprint density at radius 3 is 2.39 bits per heavy atom. The minimum atomic E-state index is -0.351. The molecule has 0 bridgehead atoms. The summed E-state index contributed by atoms with van der Waals surface area (Å²) in [5.41, 5.74) is 2.03. The first kappa shape index (κ1) is 11.2. The van der Waals surface area contributed by atoms with Gasteiger partial charge in [0.05, 0.1) is 16.8 Å². The molecule has 2 aromatic rings. The fourth-order valence-electron chi connectivity index (χ4n) is 1.78. The van der Waals surface area contributed by atoms with E-state index < -0.39 is 0 Å². The van der Waals surface area contributed by atoms with Gasteiger partial charge in [0, 0.05) is 4.47 Å². The SMILES string of the molecule is O=C1OC(=Nc2ccccc2Br)c2ccccc21. The molecule has 0 saturated carbocycles. The summed E-state index contributed by atoms with van der Waals surface area (Å²) in [7, 11) is 0. The third-order valence-corrected chi connectivity index (χ3v) is 3.31. The molecule has 0 atom stereocenters. The van der Waals surface area contributed by atoms with E-state index in [1.807, 2.05) is 42.5 Å². The van der Waals surface area contributed by atoms with Crippen molar-refractivity contribution in [2.45, 2.75) is 0 Å². The van der Waals surface area contributed by atoms with E-state index in [-0.39, 0.29) is 5.97 Å². The lowest BCUT2D eigenvalue weighted by Gasteiger charge is -2.00. The number of carbonyl (C=O) groups is 1. The summed E-state index contributed by atoms with van der Waals surface area (Å²) in [5, 5.41) is 0. The Labute approximate surface area is 112 Å². The predicted molar refractivity (Wildman–Crippen MR) is 72.2 cm³/mol. The highest BCUT2D eigenvalue weighted by molar-refractivity contribution is 9.10. The number of hydrogen-bond acceptors (Lipinski definition) is 3. The van der Waals surface area contributed by atoms with Crippen molar-refractivity contribution in [1.29, 1.82) is 0 Å². The molecule has 0 aliphatic carbocycles. The highest BCUT2D eigenvalue weighted by Gasteiger charge is 2.27. The van der Waals surface area contributed by atoms with E-state index in [1.54, 1.807) is 6.07 Å². The maximum atomic E-state index is 11.6. The molecule has 0 amide bonds. The van der Waals surface area contributed by atoms with Crippen molar-refractivity contribution in [1.82, 2.24) is 0 Å². The second kappa shape index (κ2) is 4.38. The third kappa shape index (κ3) is 1.84. The number of aliphatic imine (C=N–C) groups is 1. The number of benzene rings is 2. The van der Waals surface area contributed by atoms with Crippen molar-refractivity contribution < 1.29 is 9.53 Å². The van der Waals surface area contributed by atoms with Crippen LogP contribution in [0.25, 0.3) is 0 Å². The van der Waals surface area contributed by atoms with E-state index in [1.165, 1.54) is 0 Å². The van der Waals surface area contributed by atoms with Crippen LogP contribution >= 0.6 is 15.9 Å². The molecule has 1 heterocycles. The number of rotatable bonds is 1. The summed E-state index contributed by atoms with van der Waals surface area (Å²) in [6, 6.07) is 14.8. The summed E-state index contributed by atoms with van der Waals surface area (Å²) >= 11 is 3.41. The van der Waals surface area contributed by atoms with E-state index >= 15 is 0 Å². The number of hydrogen-bond donors (Lipinski definition) is 0. The van der Waals surface area contributed by atoms with Crippen LogP contribution in [0.4, 0.5) is 5.69 Å². The van der Waals surface area contributed by atoms with Gasteiger partial charge in [-0.25, -0.2) is 9.79 Å². The minimum Gasteiger partial charge on any atom is -0.403 e. The van der Waals surface area contributed by atoms with Gasteiger partial charge in [0.15, 0.2) is 0 Å². The lowest BCUT2D eigenvalue weighted by molar-refractivity contribution is 0.0737. The Kier molecular flexibility index (Phi) is 2.72. The van der Waals surface area contributed by atoms with Crippen molar-refractivity contribution in [2.24, 2.45) is 4.99 Å². The third-order valence-electron chi connectivity index (χ3n) is 2.64. The van der Waals surface area contributed by atoms with Crippen molar-refractivity contribution in [3.05, 3.63) is 64.1 Å². The molecule has 0 spiro atoms. The average molecular weight is 302 g/mol. The average Bonchev–Trinajstić information content (AvgIpc) is 2.70. The Bertz CT molecular complexity index is 664. The van der Waals surface area contributed by atoms with Crippen molar-refractivity contribution in [3.8, 4) is 0 Å². The maximum Gasteiger partial charge on any atom is 0.345 e. The largest absolute Gasteiger partial charge is 0.403 e. The lowest BCUT2D eigenvalue weighted by atomic mass is 10.1. The number of nitrogens with zero attached hydrogens (tertiary/aromatic N) is 1. The second-order valence-corrected chi connectivity index (χ2v) is 4.66. The van der Waals surface area contributed by atoms with Crippen LogP contribution in [0, 0.1) is 0 Å². The van der Waals surface area contributed by atoms with Crippen LogP contribution in [0.1, 0.15) is 15.9 Å². The molecule has 4 heteroatoms. The first-order valence-corrected chi connectivity index (χ1v) is 6.20. The topological polar surface area (TPSA) is 38.7 Å². The molecule has 18 heavy (non-hydrogen) atoms. The standard InChI is InChI=1S/C14H8BrNO2/c15-11-7-3-4-8-12(11)16-13-9-5-1-2-6-10(9)14(17)18-13/h1-8H. The summed E-state index contributed by atoms with van der Waals surface area (Å²) in [6.45, 7) is 0. The van der Waals surface area contributed by atoms with E-state index in [2.05, 4.69) is 20.9 Å². The maximum absolute atomic E-state index is 11.6. The lowest BCUT2D eigenvalue weighted by Crippen LogP contribution is -1.99. The predicted octanol–water partition coefficient (Wildman–Crippen LogP) is 3.70. The van der Waals surface area contributed by atoms with Crippen LogP contribution in [0.15, 0.2) is 58.0 Å². The van der Waals surface area contributed by atoms with Gasteiger partial charge in [-0.2, -0.15) is 0 Å². The number of ether oxygens (including phenoxy) is 1. The van der Waals surface area contributed by atoms with Crippen molar-refractivity contribution in [2.75, 3.05) is 0 Å². The van der Waals surface area contributed by atoms with Crippen LogP contribution in [0.3, 0.4) is 0 Å². The van der Waals surface area contributed by atoms with Gasteiger partial charge in [-0.3, -0.25) is 0 Å². The highest BCUT2D eigenvalue weighted by atomic mass is 79.9. The Morgan fingerprint density at radius 1 is 0.944 bits per heavy atom. The first-order chi connectivity index (χ1) is 8.75. The van der Waals surface area contributed by atoms with Gasteiger partial charge in [-0.15, -0.1) is 0 Å². The van der Waals surface area contributed by atoms with E-state index in [4.69, 9.17) is 4.74 Å². The van der Waals surface area contributed by atoms with Crippen LogP contribution < -0.4 is 0 Å². The summed E-state index contributed by atoms with van der Waals surface area (Å²) in [4.78, 5) is 16.0. The van der Waals surface area contributed by atoms with Crippen molar-refractivity contribution >= 4 is 33.5 Å². The molecule has 0 aromatic heterocycles. The Balaban J connectivity index is 2.11. The molecule has 1 aliphatic rings. The van der Waals surface area contributed by atoms with E-state index in [0.717, 1.165) is 15.7 Å². The van der Waals surface area contributed by atoms with Gasteiger partial charge in [-0.05, 0) is 40.2 Å². The van der Waals surface area contributed by atoms with E-state index in [0.29, 0.717) is 11.5 Å². The monoisotopic (exact) mass is 301 g/mol. The summed E-state index contributed by atoms with van der Waals surface area (Å²) < 4.78 is 6.04. The van der Waals surface area contributed by atoms with Gasteiger partial charge in [0.2, 0.25) is 5.90 Å². The molecule has 0 fully saturated rings. The van der Waals surface area contributed by atoms with Crippen LogP contribution in [-0.4, -0.2) is 11.9 Å². The van der Waals surface area contributed by atoms with E-state index in [9.17, 15) is 4.79 Å². The molecular formula is C14H8BrNO2. The smallest absolute Gasteiger partial charge is 0.345 e. The molecule has 1 aliphatic heterocycles. The molecule has 0 saturated heterocycles. The molecule has 3 nitrogen and oxygen atoms in total. The van der Waals surface area contributed by atoms with Gasteiger partial charge in [0.1, 0.15) is 0 Å². The number of esters is 1. The van der Waals surface area contributed by atoms with Crippen LogP contribution in [0.5, 0.6) is 0 Å². The number of halogens is 1. The van der Waals surface area contributed by atoms with Gasteiger partial charge < -0.3 is 4.74 Å². The van der Waals surface area contributed by atoms with Crippen LogP contribution in [0.2, 0.25) is 0 Å². The van der Waals surface area contributed by atoms with Gasteiger partial charge in [-0.1, -0.05) is 24.3 Å². The summed E-state index contributed by atoms with van der Waals surface area (Å²) in [5.74, 6) is -0.00102. The molecule has 0 unspecified atom stereocenters. The molecule has 2 aromatic carbocycles. The van der Waals surface area contributed by atoms with Crippen molar-refractivity contribution in [3.63, 3.8) is 0 Å². The number of para-hydroxylation sites is 1. The fraction of sp³-hybridized carbons (Fsp3) is 0. The van der Waals surface area contributed by atoms with Gasteiger partial charge in [0.25, 0.3) is 0 Å². The summed E-state index contributed by atoms with van der Waals surface area (Å²) in [6.07, 6.45) is 0. The normalized spacial score (nSPS) is 15.6. The quantitative estimate of drug-likeness (QED) is 0.753. The highest BCUT2D eigenvalue weighted by Crippen LogP contribution is 2.28. The zero-order valence-electron chi connectivity index (χ0n) is 9.26. The zero-order valence-corrected chi connectivity index (χ0v) is 10.8. The number of carbonyl (C=O) groups excluding carboxylic acids is 1. The Hall–Kier alpha value is -1.94. The van der Waals surface area contributed by atoms with Crippen LogP contribution in [-0.2, 0) is 4.74 Å².